The minimum atomic E-state index is 0. The largest absolute Gasteiger partial charge is 0.357 e. The van der Waals surface area contributed by atoms with E-state index < -0.39 is 0 Å². The number of guanidine groups is 1. The molecule has 0 bridgehead atoms. The molecule has 0 amide bonds. The zero-order valence-corrected chi connectivity index (χ0v) is 17.2. The first-order chi connectivity index (χ1) is 11.8. The molecule has 1 aliphatic heterocycles. The number of aromatic nitrogens is 3. The van der Waals surface area contributed by atoms with Crippen molar-refractivity contribution >= 4 is 29.9 Å². The van der Waals surface area contributed by atoms with Crippen LogP contribution in [0.2, 0.25) is 0 Å². The summed E-state index contributed by atoms with van der Waals surface area (Å²) in [4.78, 5) is 9.06. The fourth-order valence-corrected chi connectivity index (χ4v) is 3.09. The number of hydrogen-bond acceptors (Lipinski definition) is 3. The Labute approximate surface area is 166 Å². The smallest absolute Gasteiger partial charge is 0.191 e. The summed E-state index contributed by atoms with van der Waals surface area (Å²) < 4.78 is 1.98. The molecule has 0 saturated heterocycles. The molecule has 1 atom stereocenters. The maximum absolute atomic E-state index is 4.78. The van der Waals surface area contributed by atoms with Gasteiger partial charge in [-0.05, 0) is 30.9 Å². The summed E-state index contributed by atoms with van der Waals surface area (Å²) in [6, 6.07) is 8.84. The van der Waals surface area contributed by atoms with Gasteiger partial charge in [0.1, 0.15) is 12.2 Å². The predicted molar refractivity (Wildman–Crippen MR) is 111 cm³/mol. The van der Waals surface area contributed by atoms with Crippen LogP contribution < -0.4 is 10.6 Å². The van der Waals surface area contributed by atoms with Gasteiger partial charge in [0, 0.05) is 19.0 Å². The minimum absolute atomic E-state index is 0. The van der Waals surface area contributed by atoms with Crippen LogP contribution in [0, 0.1) is 0 Å². The summed E-state index contributed by atoms with van der Waals surface area (Å²) in [6.07, 6.45) is 4.68. The molecule has 1 unspecified atom stereocenters. The third-order valence-corrected chi connectivity index (χ3v) is 4.40. The highest BCUT2D eigenvalue weighted by Crippen LogP contribution is 2.12. The lowest BCUT2D eigenvalue weighted by Crippen LogP contribution is -2.47. The number of aryl methyl sites for hydroxylation is 2. The van der Waals surface area contributed by atoms with E-state index in [-0.39, 0.29) is 24.0 Å². The first-order valence-electron chi connectivity index (χ1n) is 8.78. The quantitative estimate of drug-likeness (QED) is 0.414. The van der Waals surface area contributed by atoms with Gasteiger partial charge in [-0.2, -0.15) is 5.10 Å². The molecular formula is C18H27IN6. The molecule has 2 heterocycles. The molecule has 0 spiro atoms. The molecule has 0 saturated carbocycles. The van der Waals surface area contributed by atoms with Crippen molar-refractivity contribution < 1.29 is 0 Å². The van der Waals surface area contributed by atoms with Crippen LogP contribution in [0.4, 0.5) is 0 Å². The molecular weight excluding hydrogens is 427 g/mol. The topological polar surface area (TPSA) is 67.1 Å². The fourth-order valence-electron chi connectivity index (χ4n) is 3.09. The minimum Gasteiger partial charge on any atom is -0.357 e. The van der Waals surface area contributed by atoms with Gasteiger partial charge in [-0.1, -0.05) is 31.2 Å². The van der Waals surface area contributed by atoms with E-state index in [1.165, 1.54) is 11.1 Å². The lowest BCUT2D eigenvalue weighted by molar-refractivity contribution is 0.392. The number of hydrogen-bond donors (Lipinski definition) is 2. The zero-order valence-electron chi connectivity index (χ0n) is 14.9. The van der Waals surface area contributed by atoms with Gasteiger partial charge in [0.25, 0.3) is 0 Å². The summed E-state index contributed by atoms with van der Waals surface area (Å²) in [5, 5.41) is 11.2. The van der Waals surface area contributed by atoms with Crippen LogP contribution in [0.5, 0.6) is 0 Å². The van der Waals surface area contributed by atoms with Crippen LogP contribution in [-0.2, 0) is 25.9 Å². The van der Waals surface area contributed by atoms with Crippen molar-refractivity contribution in [1.82, 2.24) is 25.4 Å². The van der Waals surface area contributed by atoms with Crippen molar-refractivity contribution in [2.75, 3.05) is 6.54 Å². The van der Waals surface area contributed by atoms with E-state index in [4.69, 9.17) is 4.99 Å². The first kappa shape index (κ1) is 19.7. The maximum Gasteiger partial charge on any atom is 0.191 e. The second-order valence-corrected chi connectivity index (χ2v) is 6.06. The van der Waals surface area contributed by atoms with Gasteiger partial charge in [-0.3, -0.25) is 0 Å². The van der Waals surface area contributed by atoms with Crippen molar-refractivity contribution in [3.63, 3.8) is 0 Å². The van der Waals surface area contributed by atoms with Crippen LogP contribution in [-0.4, -0.2) is 33.3 Å². The molecule has 3 rings (SSSR count). The molecule has 1 aliphatic rings. The highest BCUT2D eigenvalue weighted by molar-refractivity contribution is 14.0. The molecule has 2 N–H and O–H groups in total. The average Bonchev–Trinajstić information content (AvgIpc) is 3.08. The van der Waals surface area contributed by atoms with E-state index >= 15 is 0 Å². The summed E-state index contributed by atoms with van der Waals surface area (Å²) in [6.45, 7) is 6.66. The van der Waals surface area contributed by atoms with Crippen molar-refractivity contribution in [3.8, 4) is 0 Å². The maximum atomic E-state index is 4.78. The molecule has 7 heteroatoms. The molecule has 25 heavy (non-hydrogen) atoms. The Morgan fingerprint density at radius 2 is 2.08 bits per heavy atom. The fraction of sp³-hybridized carbons (Fsp3) is 0.500. The van der Waals surface area contributed by atoms with Crippen LogP contribution in [0.1, 0.15) is 37.2 Å². The van der Waals surface area contributed by atoms with Crippen molar-refractivity contribution in [1.29, 1.82) is 0 Å². The van der Waals surface area contributed by atoms with Crippen LogP contribution in [0.15, 0.2) is 35.6 Å². The molecule has 6 nitrogen and oxygen atoms in total. The van der Waals surface area contributed by atoms with Gasteiger partial charge in [-0.15, -0.1) is 24.0 Å². The highest BCUT2D eigenvalue weighted by atomic mass is 127. The Hall–Kier alpha value is -1.64. The second kappa shape index (κ2) is 9.74. The summed E-state index contributed by atoms with van der Waals surface area (Å²) >= 11 is 0. The zero-order chi connectivity index (χ0) is 16.8. The van der Waals surface area contributed by atoms with E-state index in [2.05, 4.69) is 58.8 Å². The van der Waals surface area contributed by atoms with E-state index in [1.54, 1.807) is 6.33 Å². The lowest BCUT2D eigenvalue weighted by Gasteiger charge is -2.25. The SMILES string of the molecule is CCNC(=NCc1ccccc1CC)NC1CCc2ncnn2C1.I. The number of nitrogens with one attached hydrogen (secondary N) is 2. The van der Waals surface area contributed by atoms with Gasteiger partial charge >= 0.3 is 0 Å². The van der Waals surface area contributed by atoms with Gasteiger partial charge < -0.3 is 10.6 Å². The molecule has 0 aliphatic carbocycles. The number of rotatable bonds is 5. The molecule has 0 radical (unpaired) electrons. The van der Waals surface area contributed by atoms with E-state index in [0.29, 0.717) is 12.6 Å². The van der Waals surface area contributed by atoms with Gasteiger partial charge in [0.05, 0.1) is 13.1 Å². The summed E-state index contributed by atoms with van der Waals surface area (Å²) in [5.74, 6) is 1.95. The molecule has 136 valence electrons. The molecule has 0 fully saturated rings. The van der Waals surface area contributed by atoms with E-state index in [9.17, 15) is 0 Å². The van der Waals surface area contributed by atoms with Crippen LogP contribution in [0.25, 0.3) is 0 Å². The number of halogens is 1. The van der Waals surface area contributed by atoms with Crippen LogP contribution in [0.3, 0.4) is 0 Å². The van der Waals surface area contributed by atoms with E-state index in [0.717, 1.165) is 44.1 Å². The Balaban J connectivity index is 0.00000225. The molecule has 2 aromatic rings. The van der Waals surface area contributed by atoms with Gasteiger partial charge in [0.15, 0.2) is 5.96 Å². The van der Waals surface area contributed by atoms with Gasteiger partial charge in [0.2, 0.25) is 0 Å². The standard InChI is InChI=1S/C18H26N6.HI/c1-3-14-7-5-6-8-15(14)11-20-18(19-4-2)23-16-9-10-17-21-13-22-24(17)12-16;/h5-8,13,16H,3-4,9-12H2,1-2H3,(H2,19,20,23);1H. The van der Waals surface area contributed by atoms with Crippen molar-refractivity contribution in [2.24, 2.45) is 4.99 Å². The summed E-state index contributed by atoms with van der Waals surface area (Å²) in [5.41, 5.74) is 2.65. The Morgan fingerprint density at radius 1 is 1.28 bits per heavy atom. The molecule has 1 aromatic heterocycles. The number of aliphatic imine (C=N–C) groups is 1. The number of benzene rings is 1. The Bertz CT molecular complexity index is 696. The van der Waals surface area contributed by atoms with E-state index in [1.807, 2.05) is 4.68 Å². The Morgan fingerprint density at radius 3 is 2.84 bits per heavy atom. The number of nitrogens with zero attached hydrogens (tertiary/aromatic N) is 4. The first-order valence-corrected chi connectivity index (χ1v) is 8.78. The van der Waals surface area contributed by atoms with Crippen molar-refractivity contribution in [3.05, 3.63) is 47.5 Å². The number of fused-ring (bicyclic) bond motifs is 1. The van der Waals surface area contributed by atoms with Gasteiger partial charge in [-0.25, -0.2) is 14.7 Å². The lowest BCUT2D eigenvalue weighted by atomic mass is 10.1. The monoisotopic (exact) mass is 454 g/mol. The predicted octanol–water partition coefficient (Wildman–Crippen LogP) is 2.53. The van der Waals surface area contributed by atoms with Crippen molar-refractivity contribution in [2.45, 2.75) is 52.2 Å². The third kappa shape index (κ3) is 5.17. The second-order valence-electron chi connectivity index (χ2n) is 6.06. The molecule has 1 aromatic carbocycles. The van der Waals surface area contributed by atoms with Crippen LogP contribution >= 0.6 is 24.0 Å². The highest BCUT2D eigenvalue weighted by Gasteiger charge is 2.20. The summed E-state index contributed by atoms with van der Waals surface area (Å²) in [7, 11) is 0. The third-order valence-electron chi connectivity index (χ3n) is 4.40. The normalized spacial score (nSPS) is 16.7. The average molecular weight is 454 g/mol. The Kier molecular flexibility index (Phi) is 7.67.